The third-order valence-corrected chi connectivity index (χ3v) is 3.32. The molecule has 0 saturated heterocycles. The number of benzene rings is 1. The molecule has 1 aliphatic carbocycles. The van der Waals surface area contributed by atoms with E-state index in [1.807, 2.05) is 13.8 Å². The van der Waals surface area contributed by atoms with Gasteiger partial charge in [0, 0.05) is 12.2 Å². The van der Waals surface area contributed by atoms with Gasteiger partial charge in [0.15, 0.2) is 0 Å². The molecule has 16 heavy (non-hydrogen) atoms. The third kappa shape index (κ3) is 2.03. The van der Waals surface area contributed by atoms with Crippen LogP contribution in [0.15, 0.2) is 18.2 Å². The third-order valence-electron chi connectivity index (χ3n) is 3.32. The monoisotopic (exact) mass is 219 g/mol. The minimum absolute atomic E-state index is 0.504. The summed E-state index contributed by atoms with van der Waals surface area (Å²) in [6.45, 7) is 4.60. The van der Waals surface area contributed by atoms with Crippen molar-refractivity contribution in [1.82, 2.24) is 0 Å². The van der Waals surface area contributed by atoms with Crippen LogP contribution in [0, 0.1) is 19.3 Å². The SMILES string of the molecule is Cc1ccc(C)c(NCC2(C(=O)O)CC2)c1. The zero-order valence-corrected chi connectivity index (χ0v) is 9.71. The second-order valence-electron chi connectivity index (χ2n) is 4.76. The second kappa shape index (κ2) is 3.81. The fourth-order valence-corrected chi connectivity index (χ4v) is 1.81. The molecule has 2 N–H and O–H groups in total. The summed E-state index contributed by atoms with van der Waals surface area (Å²) in [6.07, 6.45) is 1.58. The van der Waals surface area contributed by atoms with Crippen molar-refractivity contribution in [2.75, 3.05) is 11.9 Å². The summed E-state index contributed by atoms with van der Waals surface area (Å²) >= 11 is 0. The van der Waals surface area contributed by atoms with Crippen LogP contribution in [0.3, 0.4) is 0 Å². The Bertz CT molecular complexity index is 422. The number of nitrogens with one attached hydrogen (secondary N) is 1. The van der Waals surface area contributed by atoms with E-state index in [-0.39, 0.29) is 0 Å². The first-order chi connectivity index (χ1) is 7.53. The van der Waals surface area contributed by atoms with Crippen LogP contribution in [0.2, 0.25) is 0 Å². The van der Waals surface area contributed by atoms with Crippen LogP contribution < -0.4 is 5.32 Å². The molecule has 0 bridgehead atoms. The van der Waals surface area contributed by atoms with Gasteiger partial charge in [-0.1, -0.05) is 12.1 Å². The molecule has 0 heterocycles. The van der Waals surface area contributed by atoms with E-state index in [0.29, 0.717) is 6.54 Å². The maximum atomic E-state index is 11.0. The predicted octanol–water partition coefficient (Wildman–Crippen LogP) is 2.58. The molecular formula is C13H17NO2. The van der Waals surface area contributed by atoms with Gasteiger partial charge in [0.2, 0.25) is 0 Å². The zero-order valence-electron chi connectivity index (χ0n) is 9.71. The highest BCUT2D eigenvalue weighted by molar-refractivity contribution is 5.78. The van der Waals surface area contributed by atoms with Gasteiger partial charge in [0.25, 0.3) is 0 Å². The van der Waals surface area contributed by atoms with Crippen molar-refractivity contribution < 1.29 is 9.90 Å². The molecule has 1 aromatic carbocycles. The van der Waals surface area contributed by atoms with Gasteiger partial charge in [0.05, 0.1) is 5.41 Å². The fourth-order valence-electron chi connectivity index (χ4n) is 1.81. The number of hydrogen-bond donors (Lipinski definition) is 2. The molecule has 0 aliphatic heterocycles. The number of anilines is 1. The Balaban J connectivity index is 2.05. The number of aryl methyl sites for hydroxylation is 2. The molecule has 0 unspecified atom stereocenters. The predicted molar refractivity (Wildman–Crippen MR) is 63.7 cm³/mol. The lowest BCUT2D eigenvalue weighted by Gasteiger charge is -2.14. The van der Waals surface area contributed by atoms with Gasteiger partial charge in [-0.25, -0.2) is 0 Å². The molecule has 3 nitrogen and oxygen atoms in total. The van der Waals surface area contributed by atoms with Crippen molar-refractivity contribution in [2.45, 2.75) is 26.7 Å². The van der Waals surface area contributed by atoms with Crippen LogP contribution in [0.1, 0.15) is 24.0 Å². The van der Waals surface area contributed by atoms with Gasteiger partial charge in [-0.05, 0) is 43.9 Å². The van der Waals surface area contributed by atoms with Crippen molar-refractivity contribution in [1.29, 1.82) is 0 Å². The quantitative estimate of drug-likeness (QED) is 0.818. The maximum Gasteiger partial charge on any atom is 0.311 e. The van der Waals surface area contributed by atoms with Crippen LogP contribution in [0.5, 0.6) is 0 Å². The molecule has 0 amide bonds. The van der Waals surface area contributed by atoms with E-state index in [1.165, 1.54) is 5.56 Å². The first kappa shape index (κ1) is 11.0. The van der Waals surface area contributed by atoms with Crippen molar-refractivity contribution >= 4 is 11.7 Å². The molecule has 1 fully saturated rings. The summed E-state index contributed by atoms with van der Waals surface area (Å²) in [4.78, 5) is 11.0. The minimum Gasteiger partial charge on any atom is -0.481 e. The lowest BCUT2D eigenvalue weighted by atomic mass is 10.1. The average molecular weight is 219 g/mol. The molecule has 1 aromatic rings. The van der Waals surface area contributed by atoms with Crippen LogP contribution in [-0.2, 0) is 4.79 Å². The number of carboxylic acid groups (broad SMARTS) is 1. The van der Waals surface area contributed by atoms with E-state index < -0.39 is 11.4 Å². The van der Waals surface area contributed by atoms with E-state index in [4.69, 9.17) is 5.11 Å². The van der Waals surface area contributed by atoms with E-state index in [9.17, 15) is 4.79 Å². The van der Waals surface area contributed by atoms with E-state index in [1.54, 1.807) is 0 Å². The number of carbonyl (C=O) groups is 1. The zero-order chi connectivity index (χ0) is 11.8. The molecule has 0 radical (unpaired) electrons. The van der Waals surface area contributed by atoms with Crippen molar-refractivity contribution in [3.8, 4) is 0 Å². The molecule has 0 atom stereocenters. The highest BCUT2D eigenvalue weighted by Crippen LogP contribution is 2.45. The minimum atomic E-state index is -0.676. The molecule has 1 aliphatic rings. The highest BCUT2D eigenvalue weighted by atomic mass is 16.4. The smallest absolute Gasteiger partial charge is 0.311 e. The van der Waals surface area contributed by atoms with Gasteiger partial charge >= 0.3 is 5.97 Å². The highest BCUT2D eigenvalue weighted by Gasteiger charge is 2.49. The van der Waals surface area contributed by atoms with Gasteiger partial charge < -0.3 is 10.4 Å². The molecule has 0 aromatic heterocycles. The number of hydrogen-bond acceptors (Lipinski definition) is 2. The van der Waals surface area contributed by atoms with E-state index in [0.717, 1.165) is 24.1 Å². The van der Waals surface area contributed by atoms with Gasteiger partial charge in [-0.3, -0.25) is 4.79 Å². The Morgan fingerprint density at radius 2 is 2.12 bits per heavy atom. The summed E-state index contributed by atoms with van der Waals surface area (Å²) < 4.78 is 0. The van der Waals surface area contributed by atoms with Crippen molar-refractivity contribution in [3.05, 3.63) is 29.3 Å². The Labute approximate surface area is 95.5 Å². The summed E-state index contributed by atoms with van der Waals surface area (Å²) in [5.41, 5.74) is 2.89. The number of rotatable bonds is 4. The first-order valence-electron chi connectivity index (χ1n) is 5.58. The van der Waals surface area contributed by atoms with E-state index in [2.05, 4.69) is 23.5 Å². The first-order valence-corrected chi connectivity index (χ1v) is 5.58. The van der Waals surface area contributed by atoms with Gasteiger partial charge in [-0.15, -0.1) is 0 Å². The van der Waals surface area contributed by atoms with Crippen molar-refractivity contribution in [2.24, 2.45) is 5.41 Å². The summed E-state index contributed by atoms with van der Waals surface area (Å²) in [6, 6.07) is 6.18. The van der Waals surface area contributed by atoms with Gasteiger partial charge in [0.1, 0.15) is 0 Å². The summed E-state index contributed by atoms with van der Waals surface area (Å²) in [7, 11) is 0. The van der Waals surface area contributed by atoms with Crippen molar-refractivity contribution in [3.63, 3.8) is 0 Å². The standard InChI is InChI=1S/C13H17NO2/c1-9-3-4-10(2)11(7-9)14-8-13(5-6-13)12(15)16/h3-4,7,14H,5-6,8H2,1-2H3,(H,15,16). The van der Waals surface area contributed by atoms with Gasteiger partial charge in [-0.2, -0.15) is 0 Å². The Hall–Kier alpha value is -1.51. The van der Waals surface area contributed by atoms with Crippen LogP contribution in [-0.4, -0.2) is 17.6 Å². The van der Waals surface area contributed by atoms with Crippen LogP contribution in [0.4, 0.5) is 5.69 Å². The molecule has 0 spiro atoms. The van der Waals surface area contributed by atoms with Crippen LogP contribution >= 0.6 is 0 Å². The number of carboxylic acids is 1. The second-order valence-corrected chi connectivity index (χ2v) is 4.76. The largest absolute Gasteiger partial charge is 0.481 e. The van der Waals surface area contributed by atoms with E-state index >= 15 is 0 Å². The lowest BCUT2D eigenvalue weighted by molar-refractivity contribution is -0.142. The Kier molecular flexibility index (Phi) is 2.62. The molecule has 3 heteroatoms. The fraction of sp³-hybridized carbons (Fsp3) is 0.462. The van der Waals surface area contributed by atoms with Crippen LogP contribution in [0.25, 0.3) is 0 Å². The molecule has 2 rings (SSSR count). The normalized spacial score (nSPS) is 16.9. The topological polar surface area (TPSA) is 49.3 Å². The Morgan fingerprint density at radius 1 is 1.44 bits per heavy atom. The number of aliphatic carboxylic acids is 1. The summed E-state index contributed by atoms with van der Waals surface area (Å²) in [5, 5.41) is 12.3. The Morgan fingerprint density at radius 3 is 2.69 bits per heavy atom. The lowest BCUT2D eigenvalue weighted by Crippen LogP contribution is -2.24. The molecular weight excluding hydrogens is 202 g/mol. The average Bonchev–Trinajstić information content (AvgIpc) is 3.00. The summed E-state index contributed by atoms with van der Waals surface area (Å²) in [5.74, 6) is -0.676. The molecule has 86 valence electrons. The molecule has 1 saturated carbocycles. The maximum absolute atomic E-state index is 11.0.